The summed E-state index contributed by atoms with van der Waals surface area (Å²) in [4.78, 5) is 12.0. The molecule has 0 bridgehead atoms. The maximum atomic E-state index is 12.0. The third kappa shape index (κ3) is 7.76. The number of ether oxygens (including phenoxy) is 2. The van der Waals surface area contributed by atoms with Crippen LogP contribution in [0.2, 0.25) is 0 Å². The molecule has 1 aliphatic rings. The molecule has 1 aliphatic carbocycles. The largest absolute Gasteiger partial charge is 0.493 e. The number of hydrogen-bond donors (Lipinski definition) is 2. The van der Waals surface area contributed by atoms with Crippen LogP contribution in [-0.4, -0.2) is 31.8 Å². The molecule has 0 radical (unpaired) electrons. The van der Waals surface area contributed by atoms with Crippen LogP contribution < -0.4 is 20.2 Å². The fourth-order valence-electron chi connectivity index (χ4n) is 3.45. The van der Waals surface area contributed by atoms with Crippen LogP contribution >= 0.6 is 38.5 Å². The lowest BCUT2D eigenvalue weighted by Gasteiger charge is -2.22. The Hall–Kier alpha value is -1.65. The van der Waals surface area contributed by atoms with E-state index in [0.717, 1.165) is 32.0 Å². The van der Waals surface area contributed by atoms with Gasteiger partial charge in [-0.3, -0.25) is 4.79 Å². The lowest BCUT2D eigenvalue weighted by Crippen LogP contribution is -2.38. The first-order valence-electron chi connectivity index (χ1n) is 10.3. The second-order valence-corrected chi connectivity index (χ2v) is 9.54. The van der Waals surface area contributed by atoms with Crippen molar-refractivity contribution in [3.05, 3.63) is 55.6 Å². The first kappa shape index (κ1) is 24.0. The highest BCUT2D eigenvalue weighted by atomic mass is 127. The highest BCUT2D eigenvalue weighted by Crippen LogP contribution is 2.34. The van der Waals surface area contributed by atoms with E-state index in [2.05, 4.69) is 54.4 Å². The zero-order valence-corrected chi connectivity index (χ0v) is 21.2. The van der Waals surface area contributed by atoms with Crippen molar-refractivity contribution < 1.29 is 14.3 Å². The smallest absolute Gasteiger partial charge is 0.254 e. The fraction of sp³-hybridized carbons (Fsp3) is 0.391. The lowest BCUT2D eigenvalue weighted by molar-refractivity contribution is -0.120. The van der Waals surface area contributed by atoms with E-state index >= 15 is 0 Å². The maximum absolute atomic E-state index is 12.0. The minimum atomic E-state index is -0.141. The molecular formula is C23H27BrIN3O3. The number of hydrazone groups is 1. The molecule has 31 heavy (non-hydrogen) atoms. The highest BCUT2D eigenvalue weighted by Gasteiger charge is 2.14. The van der Waals surface area contributed by atoms with Gasteiger partial charge < -0.3 is 14.8 Å². The first-order chi connectivity index (χ1) is 15.0. The molecule has 2 N–H and O–H groups in total. The molecule has 1 fully saturated rings. The maximum Gasteiger partial charge on any atom is 0.254 e. The van der Waals surface area contributed by atoms with Crippen molar-refractivity contribution in [2.75, 3.05) is 13.7 Å². The summed E-state index contributed by atoms with van der Waals surface area (Å²) in [5.41, 5.74) is 4.47. The van der Waals surface area contributed by atoms with Gasteiger partial charge in [0.1, 0.15) is 6.61 Å². The van der Waals surface area contributed by atoms with Gasteiger partial charge in [0, 0.05) is 10.5 Å². The van der Waals surface area contributed by atoms with E-state index < -0.39 is 0 Å². The number of nitrogens with zero attached hydrogens (tertiary/aromatic N) is 1. The van der Waals surface area contributed by atoms with Gasteiger partial charge in [-0.15, -0.1) is 0 Å². The van der Waals surface area contributed by atoms with Gasteiger partial charge in [-0.1, -0.05) is 47.3 Å². The van der Waals surface area contributed by atoms with Gasteiger partial charge in [0.25, 0.3) is 5.91 Å². The number of benzene rings is 2. The van der Waals surface area contributed by atoms with Gasteiger partial charge in [0.15, 0.2) is 11.5 Å². The molecule has 2 aromatic rings. The van der Waals surface area contributed by atoms with Crippen LogP contribution in [-0.2, 0) is 11.4 Å². The van der Waals surface area contributed by atoms with Gasteiger partial charge >= 0.3 is 0 Å². The number of hydrogen-bond acceptors (Lipinski definition) is 5. The normalized spacial score (nSPS) is 14.5. The Bertz CT molecular complexity index is 900. The Balaban J connectivity index is 1.54. The van der Waals surface area contributed by atoms with Gasteiger partial charge in [-0.2, -0.15) is 5.10 Å². The van der Waals surface area contributed by atoms with Crippen LogP contribution in [0.1, 0.15) is 43.2 Å². The lowest BCUT2D eigenvalue weighted by atomic mass is 9.95. The van der Waals surface area contributed by atoms with E-state index in [9.17, 15) is 4.79 Å². The molecule has 0 aromatic heterocycles. The summed E-state index contributed by atoms with van der Waals surface area (Å²) in [5, 5.41) is 7.39. The molecule has 1 saturated carbocycles. The Morgan fingerprint density at radius 2 is 1.97 bits per heavy atom. The number of halogens is 2. The summed E-state index contributed by atoms with van der Waals surface area (Å²) in [5.74, 6) is 1.16. The minimum Gasteiger partial charge on any atom is -0.493 e. The number of amides is 1. The molecule has 0 saturated heterocycles. The summed E-state index contributed by atoms with van der Waals surface area (Å²) < 4.78 is 13.4. The van der Waals surface area contributed by atoms with Gasteiger partial charge in [-0.25, -0.2) is 5.43 Å². The molecule has 2 aromatic carbocycles. The topological polar surface area (TPSA) is 72.0 Å². The molecule has 3 rings (SSSR count). The third-order valence-corrected chi connectivity index (χ3v) is 6.44. The van der Waals surface area contributed by atoms with E-state index in [4.69, 9.17) is 9.47 Å². The molecule has 0 spiro atoms. The van der Waals surface area contributed by atoms with Crippen molar-refractivity contribution in [1.29, 1.82) is 0 Å². The monoisotopic (exact) mass is 599 g/mol. The van der Waals surface area contributed by atoms with Crippen molar-refractivity contribution in [3.63, 3.8) is 0 Å². The van der Waals surface area contributed by atoms with E-state index in [1.54, 1.807) is 13.3 Å². The van der Waals surface area contributed by atoms with E-state index in [0.29, 0.717) is 24.1 Å². The fourth-order valence-corrected chi connectivity index (χ4v) is 4.50. The van der Waals surface area contributed by atoms with Crippen LogP contribution in [0.25, 0.3) is 0 Å². The SMILES string of the molecule is COc1cc(/C=N\NC(=O)CNC2CCCCC2)cc(I)c1OCc1ccc(Br)cc1. The summed E-state index contributed by atoms with van der Waals surface area (Å²) in [6, 6.07) is 12.2. The van der Waals surface area contributed by atoms with Crippen molar-refractivity contribution >= 4 is 50.6 Å². The van der Waals surface area contributed by atoms with Crippen molar-refractivity contribution in [2.24, 2.45) is 5.10 Å². The van der Waals surface area contributed by atoms with E-state index in [-0.39, 0.29) is 12.5 Å². The predicted molar refractivity (Wildman–Crippen MR) is 135 cm³/mol. The first-order valence-corrected chi connectivity index (χ1v) is 12.2. The Morgan fingerprint density at radius 1 is 1.23 bits per heavy atom. The molecule has 6 nitrogen and oxygen atoms in total. The molecule has 0 aliphatic heterocycles. The average molecular weight is 600 g/mol. The average Bonchev–Trinajstić information content (AvgIpc) is 2.78. The summed E-state index contributed by atoms with van der Waals surface area (Å²) >= 11 is 5.65. The third-order valence-electron chi connectivity index (χ3n) is 5.11. The zero-order valence-electron chi connectivity index (χ0n) is 17.5. The molecule has 166 valence electrons. The molecule has 1 amide bonds. The van der Waals surface area contributed by atoms with Gasteiger partial charge in [0.05, 0.1) is 23.4 Å². The van der Waals surface area contributed by atoms with Gasteiger partial charge in [0.2, 0.25) is 0 Å². The zero-order chi connectivity index (χ0) is 22.1. The van der Waals surface area contributed by atoms with Crippen LogP contribution in [0.4, 0.5) is 0 Å². The standard InChI is InChI=1S/C23H27BrIN3O3/c1-30-21-12-17(13-27-28-22(29)14-26-19-5-3-2-4-6-19)11-20(25)23(21)31-15-16-7-9-18(24)10-8-16/h7-13,19,26H,2-6,14-15H2,1H3,(H,28,29)/b27-13-. The van der Waals surface area contributed by atoms with Crippen LogP contribution in [0.3, 0.4) is 0 Å². The van der Waals surface area contributed by atoms with Gasteiger partial charge in [-0.05, 0) is 70.8 Å². The van der Waals surface area contributed by atoms with Crippen molar-refractivity contribution in [1.82, 2.24) is 10.7 Å². The number of methoxy groups -OCH3 is 1. The van der Waals surface area contributed by atoms with Crippen LogP contribution in [0, 0.1) is 3.57 Å². The minimum absolute atomic E-state index is 0.141. The quantitative estimate of drug-likeness (QED) is 0.241. The van der Waals surface area contributed by atoms with Crippen LogP contribution in [0.15, 0.2) is 46.0 Å². The second kappa shape index (κ2) is 12.4. The second-order valence-electron chi connectivity index (χ2n) is 7.46. The number of rotatable bonds is 9. The predicted octanol–water partition coefficient (Wildman–Crippen LogP) is 5.01. The van der Waals surface area contributed by atoms with E-state index in [1.807, 2.05) is 36.4 Å². The molecule has 8 heteroatoms. The highest BCUT2D eigenvalue weighted by molar-refractivity contribution is 14.1. The van der Waals surface area contributed by atoms with Crippen molar-refractivity contribution in [3.8, 4) is 11.5 Å². The number of carbonyl (C=O) groups is 1. The molecule has 0 atom stereocenters. The Morgan fingerprint density at radius 3 is 2.68 bits per heavy atom. The molecule has 0 heterocycles. The molecule has 0 unspecified atom stereocenters. The van der Waals surface area contributed by atoms with Crippen molar-refractivity contribution in [2.45, 2.75) is 44.8 Å². The molecular weight excluding hydrogens is 573 g/mol. The van der Waals surface area contributed by atoms with Crippen LogP contribution in [0.5, 0.6) is 11.5 Å². The summed E-state index contributed by atoms with van der Waals surface area (Å²) in [6.45, 7) is 0.725. The summed E-state index contributed by atoms with van der Waals surface area (Å²) in [7, 11) is 1.61. The number of carbonyl (C=O) groups excluding carboxylic acids is 1. The Kier molecular flexibility index (Phi) is 9.60. The Labute approximate surface area is 205 Å². The summed E-state index contributed by atoms with van der Waals surface area (Å²) in [6.07, 6.45) is 7.67. The van der Waals surface area contributed by atoms with E-state index in [1.165, 1.54) is 19.3 Å². The number of nitrogens with one attached hydrogen (secondary N) is 2.